The molecule has 0 spiro atoms. The van der Waals surface area contributed by atoms with Gasteiger partial charge in [0.2, 0.25) is 5.91 Å². The topological polar surface area (TPSA) is 72.9 Å². The van der Waals surface area contributed by atoms with E-state index in [9.17, 15) is 19.1 Å². The fraction of sp³-hybridized carbons (Fsp3) is 0.556. The first kappa shape index (κ1) is 17.8. The zero-order valence-electron chi connectivity index (χ0n) is 14.3. The molecule has 0 bridgehead atoms. The molecule has 1 saturated heterocycles. The quantitative estimate of drug-likeness (QED) is 0.839. The van der Waals surface area contributed by atoms with E-state index >= 15 is 0 Å². The summed E-state index contributed by atoms with van der Waals surface area (Å²) in [4.78, 5) is 27.6. The second kappa shape index (κ2) is 7.49. The van der Waals surface area contributed by atoms with Crippen LogP contribution in [0.2, 0.25) is 0 Å². The molecule has 1 saturated carbocycles. The Bertz CT molecular complexity index is 646. The molecule has 1 aliphatic carbocycles. The average Bonchev–Trinajstić information content (AvgIpc) is 2.96. The van der Waals surface area contributed by atoms with Crippen molar-refractivity contribution in [2.24, 2.45) is 0 Å². The molecule has 25 heavy (non-hydrogen) atoms. The van der Waals surface area contributed by atoms with Gasteiger partial charge in [-0.2, -0.15) is 0 Å². The number of carbonyl (C=O) groups excluding carboxylic acids is 2. The van der Waals surface area contributed by atoms with Crippen LogP contribution in [0.25, 0.3) is 0 Å². The van der Waals surface area contributed by atoms with Gasteiger partial charge in [-0.15, -0.1) is 0 Å². The van der Waals surface area contributed by atoms with Gasteiger partial charge in [-0.25, -0.2) is 4.39 Å². The third-order valence-corrected chi connectivity index (χ3v) is 5.24. The maximum absolute atomic E-state index is 13.7. The lowest BCUT2D eigenvalue weighted by Gasteiger charge is -2.39. The van der Waals surface area contributed by atoms with Crippen molar-refractivity contribution in [3.8, 4) is 0 Å². The van der Waals surface area contributed by atoms with Crippen LogP contribution in [0.3, 0.4) is 0 Å². The number of benzene rings is 1. The van der Waals surface area contributed by atoms with Crippen LogP contribution < -0.4 is 5.32 Å². The molecule has 1 heterocycles. The normalized spacial score (nSPS) is 27.3. The van der Waals surface area contributed by atoms with Gasteiger partial charge in [0.05, 0.1) is 17.7 Å². The molecule has 3 atom stereocenters. The standard InChI is InChI=1S/C18H24FN3O3/c1-12(23)21-8-10-22(11-9-21)16-7-6-15(17(16)24)20-18(25)13-4-2-3-5-14(13)19/h2-5,15-17,24H,6-11H2,1H3,(H,20,25)/t15-,16-,17-/m1/s1. The Balaban J connectivity index is 1.57. The van der Waals surface area contributed by atoms with Crippen molar-refractivity contribution < 1.29 is 19.1 Å². The van der Waals surface area contributed by atoms with Crippen molar-refractivity contribution in [1.29, 1.82) is 0 Å². The van der Waals surface area contributed by atoms with E-state index < -0.39 is 17.8 Å². The molecule has 1 aromatic carbocycles. The fourth-order valence-corrected chi connectivity index (χ4v) is 3.78. The van der Waals surface area contributed by atoms with Crippen molar-refractivity contribution >= 4 is 11.8 Å². The van der Waals surface area contributed by atoms with E-state index in [1.807, 2.05) is 0 Å². The molecule has 0 radical (unpaired) electrons. The molecule has 6 nitrogen and oxygen atoms in total. The van der Waals surface area contributed by atoms with E-state index in [4.69, 9.17) is 0 Å². The molecule has 2 fully saturated rings. The molecular weight excluding hydrogens is 325 g/mol. The molecule has 1 aliphatic heterocycles. The molecule has 7 heteroatoms. The summed E-state index contributed by atoms with van der Waals surface area (Å²) >= 11 is 0. The molecule has 2 aliphatic rings. The predicted octanol–water partition coefficient (Wildman–Crippen LogP) is 0.612. The summed E-state index contributed by atoms with van der Waals surface area (Å²) in [6.07, 6.45) is 0.724. The first-order valence-corrected chi connectivity index (χ1v) is 8.70. The molecule has 0 aromatic heterocycles. The summed E-state index contributed by atoms with van der Waals surface area (Å²) < 4.78 is 13.7. The second-order valence-electron chi connectivity index (χ2n) is 6.74. The first-order valence-electron chi connectivity index (χ1n) is 8.70. The summed E-state index contributed by atoms with van der Waals surface area (Å²) in [5.41, 5.74) is -0.00628. The first-order chi connectivity index (χ1) is 12.0. The Labute approximate surface area is 146 Å². The van der Waals surface area contributed by atoms with Crippen LogP contribution in [0.4, 0.5) is 4.39 Å². The van der Waals surface area contributed by atoms with Crippen LogP contribution in [-0.2, 0) is 4.79 Å². The zero-order chi connectivity index (χ0) is 18.0. The number of nitrogens with zero attached hydrogens (tertiary/aromatic N) is 2. The lowest BCUT2D eigenvalue weighted by molar-refractivity contribution is -0.131. The molecule has 0 unspecified atom stereocenters. The van der Waals surface area contributed by atoms with E-state index in [1.165, 1.54) is 18.2 Å². The fourth-order valence-electron chi connectivity index (χ4n) is 3.78. The number of nitrogens with one attached hydrogen (secondary N) is 1. The van der Waals surface area contributed by atoms with Gasteiger partial charge in [0, 0.05) is 39.1 Å². The number of hydrogen-bond donors (Lipinski definition) is 2. The van der Waals surface area contributed by atoms with Crippen molar-refractivity contribution in [1.82, 2.24) is 15.1 Å². The van der Waals surface area contributed by atoms with Gasteiger partial charge >= 0.3 is 0 Å². The highest BCUT2D eigenvalue weighted by Gasteiger charge is 2.40. The minimum atomic E-state index is -0.695. The van der Waals surface area contributed by atoms with Crippen LogP contribution in [0.1, 0.15) is 30.1 Å². The highest BCUT2D eigenvalue weighted by molar-refractivity contribution is 5.94. The number of amides is 2. The number of carbonyl (C=O) groups is 2. The highest BCUT2D eigenvalue weighted by Crippen LogP contribution is 2.26. The maximum atomic E-state index is 13.7. The van der Waals surface area contributed by atoms with Gasteiger partial charge in [0.1, 0.15) is 5.82 Å². The third kappa shape index (κ3) is 3.82. The van der Waals surface area contributed by atoms with E-state index in [-0.39, 0.29) is 23.6 Å². The van der Waals surface area contributed by atoms with Crippen LogP contribution in [-0.4, -0.2) is 71.1 Å². The molecule has 1 aromatic rings. The van der Waals surface area contributed by atoms with Crippen LogP contribution >= 0.6 is 0 Å². The van der Waals surface area contributed by atoms with E-state index in [1.54, 1.807) is 17.9 Å². The third-order valence-electron chi connectivity index (χ3n) is 5.24. The number of hydrogen-bond acceptors (Lipinski definition) is 4. The van der Waals surface area contributed by atoms with Gasteiger partial charge in [-0.3, -0.25) is 14.5 Å². The number of aliphatic hydroxyl groups excluding tert-OH is 1. The number of piperazine rings is 1. The smallest absolute Gasteiger partial charge is 0.254 e. The zero-order valence-corrected chi connectivity index (χ0v) is 14.3. The number of rotatable bonds is 3. The molecule has 2 N–H and O–H groups in total. The molecule has 2 amide bonds. The van der Waals surface area contributed by atoms with Gasteiger partial charge in [-0.05, 0) is 25.0 Å². The van der Waals surface area contributed by atoms with E-state index in [0.717, 1.165) is 19.5 Å². The Kier molecular flexibility index (Phi) is 5.34. The summed E-state index contributed by atoms with van der Waals surface area (Å²) in [6.45, 7) is 4.31. The van der Waals surface area contributed by atoms with Crippen LogP contribution in [0.5, 0.6) is 0 Å². The number of aliphatic hydroxyl groups is 1. The van der Waals surface area contributed by atoms with Crippen molar-refractivity contribution in [3.63, 3.8) is 0 Å². The average molecular weight is 349 g/mol. The van der Waals surface area contributed by atoms with Gasteiger partial charge in [0.25, 0.3) is 5.91 Å². The predicted molar refractivity (Wildman–Crippen MR) is 90.5 cm³/mol. The van der Waals surface area contributed by atoms with Crippen molar-refractivity contribution in [2.45, 2.75) is 38.0 Å². The monoisotopic (exact) mass is 349 g/mol. The Morgan fingerprint density at radius 3 is 2.48 bits per heavy atom. The SMILES string of the molecule is CC(=O)N1CCN([C@@H]2CC[C@@H](NC(=O)c3ccccc3F)[C@H]2O)CC1. The summed E-state index contributed by atoms with van der Waals surface area (Å²) in [5.74, 6) is -0.991. The van der Waals surface area contributed by atoms with Crippen LogP contribution in [0.15, 0.2) is 24.3 Å². The van der Waals surface area contributed by atoms with Gasteiger partial charge < -0.3 is 15.3 Å². The second-order valence-corrected chi connectivity index (χ2v) is 6.74. The van der Waals surface area contributed by atoms with Crippen molar-refractivity contribution in [2.75, 3.05) is 26.2 Å². The van der Waals surface area contributed by atoms with Gasteiger partial charge in [0.15, 0.2) is 0 Å². The number of halogens is 1. The lowest BCUT2D eigenvalue weighted by atomic mass is 10.1. The summed E-state index contributed by atoms with van der Waals surface area (Å²) in [5, 5.41) is 13.4. The van der Waals surface area contributed by atoms with Crippen molar-refractivity contribution in [3.05, 3.63) is 35.6 Å². The molecular formula is C18H24FN3O3. The van der Waals surface area contributed by atoms with Crippen LogP contribution in [0, 0.1) is 5.82 Å². The summed E-state index contributed by atoms with van der Waals surface area (Å²) in [7, 11) is 0. The summed E-state index contributed by atoms with van der Waals surface area (Å²) in [6, 6.07) is 5.40. The molecule has 136 valence electrons. The Morgan fingerprint density at radius 2 is 1.84 bits per heavy atom. The lowest BCUT2D eigenvalue weighted by Crippen LogP contribution is -2.55. The highest BCUT2D eigenvalue weighted by atomic mass is 19.1. The maximum Gasteiger partial charge on any atom is 0.254 e. The Hall–Kier alpha value is -1.99. The minimum absolute atomic E-state index is 0.00628. The molecule has 3 rings (SSSR count). The largest absolute Gasteiger partial charge is 0.389 e. The van der Waals surface area contributed by atoms with Gasteiger partial charge in [-0.1, -0.05) is 12.1 Å². The van der Waals surface area contributed by atoms with E-state index in [2.05, 4.69) is 10.2 Å². The minimum Gasteiger partial charge on any atom is -0.389 e. The Morgan fingerprint density at radius 1 is 1.16 bits per heavy atom. The van der Waals surface area contributed by atoms with E-state index in [0.29, 0.717) is 19.5 Å².